The van der Waals surface area contributed by atoms with Crippen LogP contribution in [-0.2, 0) is 24.2 Å². The van der Waals surface area contributed by atoms with Crippen LogP contribution in [0.3, 0.4) is 0 Å². The molecule has 2 aliphatic rings. The van der Waals surface area contributed by atoms with Gasteiger partial charge in [-0.1, -0.05) is 24.3 Å². The molecule has 1 aliphatic carbocycles. The number of benzene rings is 1. The first-order valence-corrected chi connectivity index (χ1v) is 8.75. The number of likely N-dealkylation sites (tertiary alicyclic amines) is 1. The van der Waals surface area contributed by atoms with Gasteiger partial charge in [0.15, 0.2) is 0 Å². The van der Waals surface area contributed by atoms with Gasteiger partial charge in [0.05, 0.1) is 5.69 Å². The van der Waals surface area contributed by atoms with Crippen LogP contribution in [0.5, 0.6) is 0 Å². The lowest BCUT2D eigenvalue weighted by molar-refractivity contribution is -0.137. The number of carboxylic acids is 1. The zero-order valence-electron chi connectivity index (χ0n) is 13.8. The van der Waals surface area contributed by atoms with Crippen LogP contribution in [0, 0.1) is 0 Å². The van der Waals surface area contributed by atoms with E-state index >= 15 is 0 Å². The molecule has 5 nitrogen and oxygen atoms in total. The van der Waals surface area contributed by atoms with Gasteiger partial charge in [0, 0.05) is 24.7 Å². The Labute approximate surface area is 141 Å². The molecular formula is C19H23N3O2. The third kappa shape index (κ3) is 3.08. The summed E-state index contributed by atoms with van der Waals surface area (Å²) >= 11 is 0. The molecular weight excluding hydrogens is 302 g/mol. The topological polar surface area (TPSA) is 58.4 Å². The Bertz CT molecular complexity index is 715. The van der Waals surface area contributed by atoms with Crippen molar-refractivity contribution in [3.8, 4) is 0 Å². The van der Waals surface area contributed by atoms with Crippen molar-refractivity contribution in [2.24, 2.45) is 0 Å². The summed E-state index contributed by atoms with van der Waals surface area (Å²) in [4.78, 5) is 13.4. The average Bonchev–Trinajstić information content (AvgIpc) is 3.21. The fourth-order valence-electron chi connectivity index (χ4n) is 4.20. The SMILES string of the molecule is O=C(O)Cn1ccc(C2CCCN(C3Cc4ccccc4C3)C2)n1. The summed E-state index contributed by atoms with van der Waals surface area (Å²) in [5.74, 6) is -0.434. The fourth-order valence-corrected chi connectivity index (χ4v) is 4.20. The molecule has 1 aliphatic heterocycles. The minimum absolute atomic E-state index is 0.0611. The van der Waals surface area contributed by atoms with Crippen molar-refractivity contribution >= 4 is 5.97 Å². The van der Waals surface area contributed by atoms with Crippen LogP contribution in [0.1, 0.15) is 35.6 Å². The van der Waals surface area contributed by atoms with E-state index < -0.39 is 5.97 Å². The van der Waals surface area contributed by atoms with E-state index in [9.17, 15) is 4.79 Å². The van der Waals surface area contributed by atoms with Crippen molar-refractivity contribution in [3.05, 3.63) is 53.3 Å². The van der Waals surface area contributed by atoms with Gasteiger partial charge in [-0.3, -0.25) is 14.4 Å². The van der Waals surface area contributed by atoms with Crippen LogP contribution in [0.15, 0.2) is 36.5 Å². The molecule has 1 atom stereocenters. The maximum absolute atomic E-state index is 10.8. The summed E-state index contributed by atoms with van der Waals surface area (Å²) in [5, 5.41) is 13.4. The highest BCUT2D eigenvalue weighted by Gasteiger charge is 2.31. The van der Waals surface area contributed by atoms with Crippen molar-refractivity contribution in [3.63, 3.8) is 0 Å². The van der Waals surface area contributed by atoms with Crippen LogP contribution < -0.4 is 0 Å². The Morgan fingerprint density at radius 1 is 1.21 bits per heavy atom. The lowest BCUT2D eigenvalue weighted by Crippen LogP contribution is -2.42. The molecule has 2 heterocycles. The molecule has 1 saturated heterocycles. The molecule has 0 amide bonds. The molecule has 126 valence electrons. The number of hydrogen-bond acceptors (Lipinski definition) is 3. The number of hydrogen-bond donors (Lipinski definition) is 1. The van der Waals surface area contributed by atoms with Crippen molar-refractivity contribution in [2.75, 3.05) is 13.1 Å². The molecule has 0 bridgehead atoms. The smallest absolute Gasteiger partial charge is 0.325 e. The van der Waals surface area contributed by atoms with Gasteiger partial charge in [0.2, 0.25) is 0 Å². The van der Waals surface area contributed by atoms with E-state index in [1.165, 1.54) is 22.2 Å². The Morgan fingerprint density at radius 2 is 1.96 bits per heavy atom. The molecule has 24 heavy (non-hydrogen) atoms. The van der Waals surface area contributed by atoms with Gasteiger partial charge in [-0.2, -0.15) is 5.10 Å². The predicted molar refractivity (Wildman–Crippen MR) is 91.0 cm³/mol. The Morgan fingerprint density at radius 3 is 2.67 bits per heavy atom. The molecule has 0 radical (unpaired) electrons. The largest absolute Gasteiger partial charge is 0.480 e. The number of carboxylic acid groups (broad SMARTS) is 1. The second-order valence-corrected chi connectivity index (χ2v) is 7.00. The second kappa shape index (κ2) is 6.40. The molecule has 2 aromatic rings. The van der Waals surface area contributed by atoms with Gasteiger partial charge < -0.3 is 5.11 Å². The lowest BCUT2D eigenvalue weighted by Gasteiger charge is -2.36. The van der Waals surface area contributed by atoms with Crippen molar-refractivity contribution in [1.82, 2.24) is 14.7 Å². The quantitative estimate of drug-likeness (QED) is 0.937. The van der Waals surface area contributed by atoms with Crippen LogP contribution in [0.25, 0.3) is 0 Å². The summed E-state index contributed by atoms with van der Waals surface area (Å²) in [6.07, 6.45) is 6.41. The number of nitrogens with zero attached hydrogens (tertiary/aromatic N) is 3. The monoisotopic (exact) mass is 325 g/mol. The molecule has 4 rings (SSSR count). The third-order valence-corrected chi connectivity index (χ3v) is 5.38. The Kier molecular flexibility index (Phi) is 4.10. The van der Waals surface area contributed by atoms with Crippen molar-refractivity contribution < 1.29 is 9.90 Å². The minimum atomic E-state index is -0.848. The lowest BCUT2D eigenvalue weighted by atomic mass is 9.93. The summed E-state index contributed by atoms with van der Waals surface area (Å²) in [6.45, 7) is 2.13. The molecule has 1 fully saturated rings. The molecule has 0 saturated carbocycles. The number of aromatic nitrogens is 2. The van der Waals surface area contributed by atoms with Gasteiger partial charge in [-0.15, -0.1) is 0 Å². The van der Waals surface area contributed by atoms with Gasteiger partial charge in [-0.05, 0) is 49.4 Å². The molecule has 1 N–H and O–H groups in total. The van der Waals surface area contributed by atoms with E-state index in [1.54, 1.807) is 6.20 Å². The van der Waals surface area contributed by atoms with Crippen LogP contribution in [0.2, 0.25) is 0 Å². The second-order valence-electron chi connectivity index (χ2n) is 7.00. The molecule has 1 aromatic carbocycles. The van der Waals surface area contributed by atoms with Crippen LogP contribution in [-0.4, -0.2) is 44.9 Å². The van der Waals surface area contributed by atoms with Gasteiger partial charge in [0.1, 0.15) is 6.54 Å². The fraction of sp³-hybridized carbons (Fsp3) is 0.474. The van der Waals surface area contributed by atoms with Crippen molar-refractivity contribution in [2.45, 2.75) is 44.2 Å². The highest BCUT2D eigenvalue weighted by molar-refractivity contribution is 5.66. The normalized spacial score (nSPS) is 21.8. The zero-order valence-corrected chi connectivity index (χ0v) is 13.8. The number of fused-ring (bicyclic) bond motifs is 1. The van der Waals surface area contributed by atoms with Crippen molar-refractivity contribution in [1.29, 1.82) is 0 Å². The third-order valence-electron chi connectivity index (χ3n) is 5.38. The van der Waals surface area contributed by atoms with Gasteiger partial charge >= 0.3 is 5.97 Å². The summed E-state index contributed by atoms with van der Waals surface area (Å²) < 4.78 is 1.53. The number of piperidine rings is 1. The predicted octanol–water partition coefficient (Wildman–Crippen LogP) is 2.31. The first-order valence-electron chi connectivity index (χ1n) is 8.75. The average molecular weight is 325 g/mol. The number of aliphatic carboxylic acids is 1. The summed E-state index contributed by atoms with van der Waals surface area (Å²) in [7, 11) is 0. The first-order chi connectivity index (χ1) is 11.7. The highest BCUT2D eigenvalue weighted by atomic mass is 16.4. The summed E-state index contributed by atoms with van der Waals surface area (Å²) in [6, 6.07) is 11.4. The van der Waals surface area contributed by atoms with Gasteiger partial charge in [-0.25, -0.2) is 0 Å². The Balaban J connectivity index is 1.43. The molecule has 1 unspecified atom stereocenters. The van der Waals surface area contributed by atoms with E-state index in [1.807, 2.05) is 6.07 Å². The maximum atomic E-state index is 10.8. The molecule has 1 aromatic heterocycles. The number of rotatable bonds is 4. The standard InChI is InChI=1S/C19H23N3O2/c23-19(24)13-22-9-7-18(20-22)16-6-3-8-21(12-16)17-10-14-4-1-2-5-15(14)11-17/h1-2,4-5,7,9,16-17H,3,6,8,10-13H2,(H,23,24). The Hall–Kier alpha value is -2.14. The molecule has 0 spiro atoms. The van der Waals surface area contributed by atoms with Crippen LogP contribution >= 0.6 is 0 Å². The van der Waals surface area contributed by atoms with Gasteiger partial charge in [0.25, 0.3) is 0 Å². The van der Waals surface area contributed by atoms with E-state index in [4.69, 9.17) is 5.11 Å². The van der Waals surface area contributed by atoms with E-state index in [0.29, 0.717) is 12.0 Å². The number of carbonyl (C=O) groups is 1. The zero-order chi connectivity index (χ0) is 16.5. The summed E-state index contributed by atoms with van der Waals surface area (Å²) in [5.41, 5.74) is 4.03. The van der Waals surface area contributed by atoms with E-state index in [0.717, 1.165) is 38.0 Å². The van der Waals surface area contributed by atoms with E-state index in [2.05, 4.69) is 34.3 Å². The minimum Gasteiger partial charge on any atom is -0.480 e. The van der Waals surface area contributed by atoms with E-state index in [-0.39, 0.29) is 6.54 Å². The maximum Gasteiger partial charge on any atom is 0.325 e. The van der Waals surface area contributed by atoms with Crippen LogP contribution in [0.4, 0.5) is 0 Å². The first kappa shape index (κ1) is 15.4. The molecule has 5 heteroatoms. The highest BCUT2D eigenvalue weighted by Crippen LogP contribution is 2.31.